The van der Waals surface area contributed by atoms with Crippen molar-refractivity contribution in [3.05, 3.63) is 29.8 Å². The van der Waals surface area contributed by atoms with Crippen LogP contribution in [0.25, 0.3) is 0 Å². The summed E-state index contributed by atoms with van der Waals surface area (Å²) in [5.41, 5.74) is 0.560. The van der Waals surface area contributed by atoms with Crippen LogP contribution in [0.4, 0.5) is 0 Å². The minimum Gasteiger partial charge on any atom is -0.496 e. The maximum Gasteiger partial charge on any atom is 0.258 e. The lowest BCUT2D eigenvalue weighted by atomic mass is 9.84. The lowest BCUT2D eigenvalue weighted by molar-refractivity contribution is -0.126. The van der Waals surface area contributed by atoms with Crippen molar-refractivity contribution >= 4 is 11.8 Å². The molecule has 5 atom stereocenters. The van der Waals surface area contributed by atoms with E-state index in [0.717, 1.165) is 32.1 Å². The second kappa shape index (κ2) is 8.76. The van der Waals surface area contributed by atoms with Crippen LogP contribution in [0.15, 0.2) is 24.3 Å². The van der Waals surface area contributed by atoms with E-state index in [1.165, 1.54) is 25.7 Å². The van der Waals surface area contributed by atoms with Crippen molar-refractivity contribution in [2.75, 3.05) is 7.11 Å². The van der Waals surface area contributed by atoms with Crippen LogP contribution in [-0.4, -0.2) is 41.9 Å². The second-order valence-corrected chi connectivity index (χ2v) is 9.15. The molecule has 5 heteroatoms. The van der Waals surface area contributed by atoms with Gasteiger partial charge in [-0.3, -0.25) is 9.59 Å². The third-order valence-electron chi connectivity index (χ3n) is 7.40. The zero-order chi connectivity index (χ0) is 20.4. The van der Waals surface area contributed by atoms with Crippen molar-refractivity contribution in [3.8, 4) is 5.75 Å². The zero-order valence-corrected chi connectivity index (χ0v) is 17.7. The van der Waals surface area contributed by atoms with Gasteiger partial charge in [-0.2, -0.15) is 0 Å². The van der Waals surface area contributed by atoms with Crippen LogP contribution in [0, 0.1) is 11.8 Å². The second-order valence-electron chi connectivity index (χ2n) is 9.15. The predicted octanol–water partition coefficient (Wildman–Crippen LogP) is 4.16. The largest absolute Gasteiger partial charge is 0.496 e. The van der Waals surface area contributed by atoms with Crippen molar-refractivity contribution in [1.82, 2.24) is 10.2 Å². The van der Waals surface area contributed by atoms with Gasteiger partial charge in [0.2, 0.25) is 5.91 Å². The van der Waals surface area contributed by atoms with Gasteiger partial charge in [0.15, 0.2) is 0 Å². The topological polar surface area (TPSA) is 58.6 Å². The zero-order valence-electron chi connectivity index (χ0n) is 17.7. The number of nitrogens with one attached hydrogen (secondary N) is 1. The molecule has 2 aliphatic carbocycles. The van der Waals surface area contributed by atoms with E-state index in [1.807, 2.05) is 29.2 Å². The Morgan fingerprint density at radius 2 is 1.76 bits per heavy atom. The SMILES string of the molecule is COc1ccccc1C(=O)N1[C@H](C(=O)N[C@H]2CCCC[C@H]2C)C[C@@H]2CCCC[C@@H]21. The Bertz CT molecular complexity index is 749. The number of carbonyl (C=O) groups excluding carboxylic acids is 2. The molecule has 2 saturated carbocycles. The first-order chi connectivity index (χ1) is 14.1. The van der Waals surface area contributed by atoms with E-state index in [4.69, 9.17) is 4.74 Å². The molecule has 0 spiro atoms. The smallest absolute Gasteiger partial charge is 0.258 e. The van der Waals surface area contributed by atoms with Crippen molar-refractivity contribution in [2.45, 2.75) is 82.8 Å². The average molecular weight is 399 g/mol. The lowest BCUT2D eigenvalue weighted by Gasteiger charge is -2.35. The highest BCUT2D eigenvalue weighted by atomic mass is 16.5. The highest BCUT2D eigenvalue weighted by molar-refractivity contribution is 6.00. The van der Waals surface area contributed by atoms with Crippen LogP contribution in [0.3, 0.4) is 0 Å². The number of fused-ring (bicyclic) bond motifs is 1. The standard InChI is InChI=1S/C24H34N2O3/c1-16-9-3-6-12-19(16)25-23(27)21-15-17-10-4-7-13-20(17)26(21)24(28)18-11-5-8-14-22(18)29-2/h5,8,11,14,16-17,19-21H,3-4,6-7,9-10,12-13,15H2,1-2H3,(H,25,27)/t16-,17+,19+,20+,21+/m1/s1. The third kappa shape index (κ3) is 4.01. The fourth-order valence-corrected chi connectivity index (χ4v) is 5.76. The number of hydrogen-bond donors (Lipinski definition) is 1. The maximum absolute atomic E-state index is 13.6. The van der Waals surface area contributed by atoms with E-state index in [2.05, 4.69) is 12.2 Å². The molecule has 0 unspecified atom stereocenters. The van der Waals surface area contributed by atoms with Gasteiger partial charge in [-0.1, -0.05) is 44.7 Å². The number of methoxy groups -OCH3 is 1. The molecule has 0 radical (unpaired) electrons. The van der Waals surface area contributed by atoms with Gasteiger partial charge in [0.05, 0.1) is 12.7 Å². The van der Waals surface area contributed by atoms with Crippen LogP contribution in [-0.2, 0) is 4.79 Å². The Labute approximate surface area is 174 Å². The average Bonchev–Trinajstić information content (AvgIpc) is 3.14. The fourth-order valence-electron chi connectivity index (χ4n) is 5.76. The van der Waals surface area contributed by atoms with Gasteiger partial charge in [-0.25, -0.2) is 0 Å². The first-order valence-corrected chi connectivity index (χ1v) is 11.4. The molecule has 0 bridgehead atoms. The number of ether oxygens (including phenoxy) is 1. The maximum atomic E-state index is 13.6. The van der Waals surface area contributed by atoms with Crippen LogP contribution >= 0.6 is 0 Å². The quantitative estimate of drug-likeness (QED) is 0.828. The molecule has 29 heavy (non-hydrogen) atoms. The summed E-state index contributed by atoms with van der Waals surface area (Å²) >= 11 is 0. The normalized spacial score (nSPS) is 31.8. The molecule has 1 saturated heterocycles. The minimum atomic E-state index is -0.366. The Balaban J connectivity index is 1.59. The molecule has 1 N–H and O–H groups in total. The van der Waals surface area contributed by atoms with Crippen LogP contribution in [0.5, 0.6) is 5.75 Å². The molecule has 5 nitrogen and oxygen atoms in total. The van der Waals surface area contributed by atoms with E-state index in [-0.39, 0.29) is 29.9 Å². The number of likely N-dealkylation sites (tertiary alicyclic amines) is 1. The number of amides is 2. The van der Waals surface area contributed by atoms with Gasteiger partial charge in [-0.15, -0.1) is 0 Å². The number of carbonyl (C=O) groups is 2. The summed E-state index contributed by atoms with van der Waals surface area (Å²) in [6.45, 7) is 2.23. The van der Waals surface area contributed by atoms with Crippen molar-refractivity contribution in [1.29, 1.82) is 0 Å². The molecule has 4 rings (SSSR count). The molecule has 1 aliphatic heterocycles. The van der Waals surface area contributed by atoms with Gasteiger partial charge in [0.25, 0.3) is 5.91 Å². The van der Waals surface area contributed by atoms with Crippen molar-refractivity contribution in [2.24, 2.45) is 11.8 Å². The summed E-state index contributed by atoms with van der Waals surface area (Å²) in [5.74, 6) is 1.50. The van der Waals surface area contributed by atoms with Gasteiger partial charge < -0.3 is 15.0 Å². The lowest BCUT2D eigenvalue weighted by Crippen LogP contribution is -2.52. The fraction of sp³-hybridized carbons (Fsp3) is 0.667. The van der Waals surface area contributed by atoms with Gasteiger partial charge >= 0.3 is 0 Å². The Kier molecular flexibility index (Phi) is 6.12. The molecule has 1 heterocycles. The molecular formula is C24H34N2O3. The summed E-state index contributed by atoms with van der Waals surface area (Å²) in [5, 5.41) is 3.32. The molecule has 0 aromatic heterocycles. The third-order valence-corrected chi connectivity index (χ3v) is 7.40. The molecule has 1 aromatic rings. The van der Waals surface area contributed by atoms with E-state index >= 15 is 0 Å². The molecule has 158 valence electrons. The summed E-state index contributed by atoms with van der Waals surface area (Å²) in [4.78, 5) is 28.9. The highest BCUT2D eigenvalue weighted by Crippen LogP contribution is 2.41. The van der Waals surface area contributed by atoms with Crippen molar-refractivity contribution in [3.63, 3.8) is 0 Å². The Hall–Kier alpha value is -2.04. The number of nitrogens with zero attached hydrogens (tertiary/aromatic N) is 1. The van der Waals surface area contributed by atoms with E-state index < -0.39 is 0 Å². The number of para-hydroxylation sites is 1. The number of benzene rings is 1. The highest BCUT2D eigenvalue weighted by Gasteiger charge is 2.48. The summed E-state index contributed by atoms with van der Waals surface area (Å²) < 4.78 is 5.45. The Morgan fingerprint density at radius 1 is 1.03 bits per heavy atom. The summed E-state index contributed by atoms with van der Waals surface area (Å²) in [6.07, 6.45) is 9.88. The number of rotatable bonds is 4. The predicted molar refractivity (Wildman–Crippen MR) is 113 cm³/mol. The van der Waals surface area contributed by atoms with Gasteiger partial charge in [-0.05, 0) is 56.1 Å². The van der Waals surface area contributed by atoms with E-state index in [0.29, 0.717) is 23.1 Å². The molecule has 3 aliphatic rings. The Morgan fingerprint density at radius 3 is 2.55 bits per heavy atom. The molecule has 2 amide bonds. The molecule has 1 aromatic carbocycles. The summed E-state index contributed by atoms with van der Waals surface area (Å²) in [6, 6.07) is 7.41. The first-order valence-electron chi connectivity index (χ1n) is 11.4. The van der Waals surface area contributed by atoms with Crippen LogP contribution < -0.4 is 10.1 Å². The summed E-state index contributed by atoms with van der Waals surface area (Å²) in [7, 11) is 1.59. The van der Waals surface area contributed by atoms with E-state index in [1.54, 1.807) is 7.11 Å². The van der Waals surface area contributed by atoms with Crippen molar-refractivity contribution < 1.29 is 14.3 Å². The van der Waals surface area contributed by atoms with Gasteiger partial charge in [0, 0.05) is 12.1 Å². The first kappa shape index (κ1) is 20.2. The van der Waals surface area contributed by atoms with Crippen LogP contribution in [0.1, 0.15) is 75.1 Å². The number of hydrogen-bond acceptors (Lipinski definition) is 3. The van der Waals surface area contributed by atoms with E-state index in [9.17, 15) is 9.59 Å². The molecular weight excluding hydrogens is 364 g/mol. The van der Waals surface area contributed by atoms with Crippen LogP contribution in [0.2, 0.25) is 0 Å². The minimum absolute atomic E-state index is 0.0430. The van der Waals surface area contributed by atoms with Gasteiger partial charge in [0.1, 0.15) is 11.8 Å². The monoisotopic (exact) mass is 398 g/mol. The molecule has 3 fully saturated rings.